The lowest BCUT2D eigenvalue weighted by Crippen LogP contribution is -2.48. The molecule has 6 aromatic carbocycles. The first-order chi connectivity index (χ1) is 40.1. The van der Waals surface area contributed by atoms with Gasteiger partial charge in [-0.3, -0.25) is 19.2 Å². The van der Waals surface area contributed by atoms with Crippen LogP contribution in [0.5, 0.6) is 11.5 Å². The number of rotatable bonds is 17. The fraction of sp³-hybridized carbons (Fsp3) is 0.306. The summed E-state index contributed by atoms with van der Waals surface area (Å²) in [5, 5.41) is 35.4. The van der Waals surface area contributed by atoms with Crippen molar-refractivity contribution in [3.63, 3.8) is 0 Å². The maximum absolute atomic E-state index is 17.1. The van der Waals surface area contributed by atoms with Gasteiger partial charge in [0.1, 0.15) is 39.9 Å². The van der Waals surface area contributed by atoms with E-state index in [1.54, 1.807) is 48.3 Å². The van der Waals surface area contributed by atoms with Gasteiger partial charge in [-0.1, -0.05) is 105 Å². The highest BCUT2D eigenvalue weighted by atomic mass is 35.5. The second-order valence-corrected chi connectivity index (χ2v) is 23.1. The molecule has 0 spiro atoms. The number of ether oxygens (including phenoxy) is 1. The number of nitrogens with zero attached hydrogens (tertiary/aromatic N) is 6. The zero-order valence-electron chi connectivity index (χ0n) is 46.6. The van der Waals surface area contributed by atoms with Gasteiger partial charge in [0.25, 0.3) is 5.91 Å². The summed E-state index contributed by atoms with van der Waals surface area (Å²) in [7, 11) is 2.92. The zero-order chi connectivity index (χ0) is 60.4. The maximum Gasteiger partial charge on any atom is 0.251 e. The first-order valence-corrected chi connectivity index (χ1v) is 28.1. The normalized spacial score (nSPS) is 17.9. The number of likely N-dealkylation sites (N-methyl/N-ethyl adjacent to an activating group) is 1. The quantitative estimate of drug-likeness (QED) is 0.0540. The summed E-state index contributed by atoms with van der Waals surface area (Å²) in [5.41, 5.74) is -1.87. The average Bonchev–Trinajstić information content (AvgIpc) is 1.53. The summed E-state index contributed by atoms with van der Waals surface area (Å²) in [6.45, 7) is 11.0. The topological polar surface area (TPSA) is 205 Å². The molecule has 5 N–H and O–H groups in total. The average molecular weight is 1200 g/mol. The van der Waals surface area contributed by atoms with Crippen LogP contribution in [0.3, 0.4) is 0 Å². The number of carbonyl (C=O) groups is 4. The third-order valence-corrected chi connectivity index (χ3v) is 16.1. The van der Waals surface area contributed by atoms with E-state index in [1.165, 1.54) is 72.7 Å². The number of hydrogen-bond donors (Lipinski definition) is 5. The smallest absolute Gasteiger partial charge is 0.251 e. The van der Waals surface area contributed by atoms with Crippen LogP contribution in [0, 0.1) is 34.2 Å². The van der Waals surface area contributed by atoms with Crippen LogP contribution in [0.1, 0.15) is 61.0 Å². The summed E-state index contributed by atoms with van der Waals surface area (Å²) in [4.78, 5) is 68.5. The Morgan fingerprint density at radius 2 is 1.67 bits per heavy atom. The molecule has 3 heterocycles. The van der Waals surface area contributed by atoms with Crippen molar-refractivity contribution in [3.8, 4) is 28.7 Å². The van der Waals surface area contributed by atoms with Gasteiger partial charge in [0, 0.05) is 98.3 Å². The van der Waals surface area contributed by atoms with Crippen LogP contribution >= 0.6 is 34.8 Å². The van der Waals surface area contributed by atoms with Crippen molar-refractivity contribution >= 4 is 97.6 Å². The van der Waals surface area contributed by atoms with Gasteiger partial charge < -0.3 is 45.8 Å². The van der Waals surface area contributed by atoms with Gasteiger partial charge in [-0.05, 0) is 94.4 Å². The summed E-state index contributed by atoms with van der Waals surface area (Å²) in [6, 6.07) is 24.4. The molecule has 16 nitrogen and oxygen atoms in total. The van der Waals surface area contributed by atoms with E-state index in [0.29, 0.717) is 53.7 Å². The number of methoxy groups -OCH3 is 1. The van der Waals surface area contributed by atoms with Gasteiger partial charge >= 0.3 is 0 Å². The van der Waals surface area contributed by atoms with Gasteiger partial charge in [-0.15, -0.1) is 0 Å². The molecule has 84 heavy (non-hydrogen) atoms. The second kappa shape index (κ2) is 25.0. The van der Waals surface area contributed by atoms with Crippen molar-refractivity contribution in [1.29, 1.82) is 5.26 Å². The van der Waals surface area contributed by atoms with E-state index < -0.39 is 58.1 Å². The van der Waals surface area contributed by atoms with Crippen LogP contribution in [-0.4, -0.2) is 121 Å². The lowest BCUT2D eigenvalue weighted by atomic mass is 9.62. The molecule has 436 valence electrons. The van der Waals surface area contributed by atoms with E-state index in [4.69, 9.17) is 44.5 Å². The van der Waals surface area contributed by atoms with Gasteiger partial charge in [0.15, 0.2) is 5.82 Å². The van der Waals surface area contributed by atoms with Crippen molar-refractivity contribution in [2.45, 2.75) is 57.0 Å². The Kier molecular flexibility index (Phi) is 18.0. The molecule has 7 aromatic rings. The Balaban J connectivity index is 0.874. The Bertz CT molecular complexity index is 3800. The number of aromatic nitrogens is 2. The van der Waals surface area contributed by atoms with Crippen molar-refractivity contribution in [1.82, 2.24) is 30.4 Å². The van der Waals surface area contributed by atoms with E-state index in [1.807, 2.05) is 25.7 Å². The summed E-state index contributed by atoms with van der Waals surface area (Å²) < 4.78 is 55.2. The van der Waals surface area contributed by atoms with Crippen LogP contribution in [0.15, 0.2) is 110 Å². The molecule has 4 amide bonds. The SMILES string of the molecule is C=CC(=O)N1CCN(c2nc(NCCC(=O)N(C)CCNC(=O)c3ccc(NC(=O)[C@@H]4N[C@@H](CC(C)(C)C)[C@](C#N)(c5ccc(Cl)cc5F)[C@H]4c4cccc(Cl)c4F)c(OC)c3)nc3c(F)c(-c4cc(O)cc5ccccc45)c(Cl)cc23)CC1. The predicted molar refractivity (Wildman–Crippen MR) is 320 cm³/mol. The van der Waals surface area contributed by atoms with Crippen LogP contribution in [0.25, 0.3) is 32.8 Å². The first-order valence-electron chi connectivity index (χ1n) is 27.0. The largest absolute Gasteiger partial charge is 0.508 e. The molecule has 1 aromatic heterocycles. The Hall–Kier alpha value is -8.15. The van der Waals surface area contributed by atoms with Crippen LogP contribution < -0.4 is 30.9 Å². The highest BCUT2D eigenvalue weighted by Crippen LogP contribution is 2.53. The molecule has 0 bridgehead atoms. The van der Waals surface area contributed by atoms with E-state index >= 15 is 13.2 Å². The highest BCUT2D eigenvalue weighted by Gasteiger charge is 2.61. The molecule has 22 heteroatoms. The molecule has 9 rings (SSSR count). The fourth-order valence-corrected chi connectivity index (χ4v) is 11.9. The third kappa shape index (κ3) is 12.3. The van der Waals surface area contributed by atoms with Crippen molar-refractivity contribution in [2.24, 2.45) is 5.41 Å². The number of amides is 4. The van der Waals surface area contributed by atoms with Crippen LogP contribution in [0.2, 0.25) is 15.1 Å². The van der Waals surface area contributed by atoms with Crippen molar-refractivity contribution < 1.29 is 42.2 Å². The van der Waals surface area contributed by atoms with Gasteiger partial charge in [-0.25, -0.2) is 18.2 Å². The van der Waals surface area contributed by atoms with E-state index in [9.17, 15) is 29.5 Å². The number of phenols is 1. The summed E-state index contributed by atoms with van der Waals surface area (Å²) in [6.07, 6.45) is 1.46. The fourth-order valence-electron chi connectivity index (χ4n) is 11.3. The number of phenolic OH excluding ortho intramolecular Hbond substituents is 1. The number of aromatic hydroxyl groups is 1. The molecular formula is C62H60Cl3F3N10O6. The number of halogens is 6. The lowest BCUT2D eigenvalue weighted by Gasteiger charge is -2.37. The Morgan fingerprint density at radius 3 is 2.37 bits per heavy atom. The minimum atomic E-state index is -1.86. The number of nitrogens with one attached hydrogen (secondary N) is 4. The number of anilines is 3. The minimum absolute atomic E-state index is 0.0303. The zero-order valence-corrected chi connectivity index (χ0v) is 48.8. The monoisotopic (exact) mass is 1200 g/mol. The Labute approximate surface area is 498 Å². The number of benzene rings is 6. The number of nitriles is 1. The molecule has 0 saturated carbocycles. The molecule has 2 aliphatic heterocycles. The molecular weight excluding hydrogens is 1140 g/mol. The maximum atomic E-state index is 17.1. The highest BCUT2D eigenvalue weighted by molar-refractivity contribution is 6.35. The van der Waals surface area contributed by atoms with E-state index in [2.05, 4.69) is 38.9 Å². The first kappa shape index (κ1) is 60.4. The summed E-state index contributed by atoms with van der Waals surface area (Å²) in [5.74, 6) is -5.11. The van der Waals surface area contributed by atoms with Crippen LogP contribution in [-0.2, 0) is 19.8 Å². The van der Waals surface area contributed by atoms with E-state index in [0.717, 1.165) is 6.07 Å². The molecule has 4 atom stereocenters. The molecule has 0 unspecified atom stereocenters. The van der Waals surface area contributed by atoms with E-state index in [-0.39, 0.29) is 110 Å². The minimum Gasteiger partial charge on any atom is -0.508 e. The predicted octanol–water partition coefficient (Wildman–Crippen LogP) is 11.0. The summed E-state index contributed by atoms with van der Waals surface area (Å²) >= 11 is 19.4. The molecule has 0 radical (unpaired) electrons. The lowest BCUT2D eigenvalue weighted by molar-refractivity contribution is -0.129. The number of hydrogen-bond acceptors (Lipinski definition) is 12. The molecule has 0 aliphatic carbocycles. The van der Waals surface area contributed by atoms with Crippen molar-refractivity contribution in [2.75, 3.05) is 75.5 Å². The number of carbonyl (C=O) groups excluding carboxylic acids is 4. The molecule has 2 fully saturated rings. The second-order valence-electron chi connectivity index (χ2n) is 21.9. The van der Waals surface area contributed by atoms with Gasteiger partial charge in [-0.2, -0.15) is 10.2 Å². The van der Waals surface area contributed by atoms with Crippen molar-refractivity contribution in [3.05, 3.63) is 159 Å². The van der Waals surface area contributed by atoms with Gasteiger partial charge in [0.2, 0.25) is 23.7 Å². The Morgan fingerprint density at radius 1 is 0.917 bits per heavy atom. The van der Waals surface area contributed by atoms with Crippen LogP contribution in [0.4, 0.5) is 30.6 Å². The van der Waals surface area contributed by atoms with Gasteiger partial charge in [0.05, 0.1) is 35.0 Å². The number of fused-ring (bicyclic) bond motifs is 2. The molecule has 2 saturated heterocycles. The third-order valence-electron chi connectivity index (χ3n) is 15.3. The number of piperazine rings is 1. The standard InChI is InChI=1S/C62H60Cl3F3N10O6/c1-7-49(80)77-23-25-78(26-24-77)57-41-31-44(65)51(40-30-37(79)27-34-11-8-9-12-38(34)40)54(68)55(41)74-60(75-57)71-20-19-50(81)76(5)22-21-70-58(82)35-15-18-46(47(28-35)84-6)72-59(83)56-52(39-13-10-14-43(64)53(39)67)62(33-69,48(73-56)32-61(2,3)4)42-17-16-36(63)29-45(42)66/h7-18,27-31,48,52,56,73,79H,1,19-26,32H2,2-6H3,(H,70,82)(H,72,83)(H,71,74,75)/t48-,52-,56+,62-/m0/s1. The molecule has 2 aliphatic rings.